The van der Waals surface area contributed by atoms with Crippen molar-refractivity contribution >= 4 is 23.1 Å². The molecule has 1 N–H and O–H groups in total. The zero-order chi connectivity index (χ0) is 14.4. The van der Waals surface area contributed by atoms with Gasteiger partial charge in [0.25, 0.3) is 5.69 Å². The highest BCUT2D eigenvalue weighted by Crippen LogP contribution is 2.25. The third kappa shape index (κ3) is 4.20. The van der Waals surface area contributed by atoms with Crippen molar-refractivity contribution < 1.29 is 14.5 Å². The Balaban J connectivity index is 2.89. The van der Waals surface area contributed by atoms with Crippen LogP contribution in [-0.4, -0.2) is 16.6 Å². The third-order valence-corrected chi connectivity index (χ3v) is 2.30. The maximum atomic E-state index is 11.5. The smallest absolute Gasteiger partial charge is 0.294 e. The second-order valence-electron chi connectivity index (χ2n) is 3.85. The first kappa shape index (κ1) is 14.3. The van der Waals surface area contributed by atoms with Gasteiger partial charge in [-0.3, -0.25) is 14.9 Å². The van der Waals surface area contributed by atoms with Crippen molar-refractivity contribution in [3.8, 4) is 6.07 Å². The number of Topliss-reactive ketones (excluding diaryl/α,β-unsaturated/α-hetero) is 1. The predicted octanol–water partition coefficient (Wildman–Crippen LogP) is 1.77. The van der Waals surface area contributed by atoms with Gasteiger partial charge in [0, 0.05) is 18.9 Å². The summed E-state index contributed by atoms with van der Waals surface area (Å²) in [4.78, 5) is 32.4. The van der Waals surface area contributed by atoms with E-state index >= 15 is 0 Å². The lowest BCUT2D eigenvalue weighted by Gasteiger charge is -2.05. The van der Waals surface area contributed by atoms with Crippen LogP contribution in [0.4, 0.5) is 11.4 Å². The lowest BCUT2D eigenvalue weighted by Crippen LogP contribution is -2.13. The molecule has 7 nitrogen and oxygen atoms in total. The standard InChI is InChI=1S/C12H11N3O4/c1-8(16)2-5-12(17)14-10-4-3-9(7-13)6-11(10)15(18)19/h3-4,6H,2,5H2,1H3,(H,14,17). The maximum Gasteiger partial charge on any atom is 0.294 e. The lowest BCUT2D eigenvalue weighted by molar-refractivity contribution is -0.383. The summed E-state index contributed by atoms with van der Waals surface area (Å²) >= 11 is 0. The maximum absolute atomic E-state index is 11.5. The average molecular weight is 261 g/mol. The number of anilines is 1. The Bertz CT molecular complexity index is 575. The van der Waals surface area contributed by atoms with Crippen LogP contribution in [0.5, 0.6) is 0 Å². The van der Waals surface area contributed by atoms with E-state index in [1.807, 2.05) is 0 Å². The molecule has 0 fully saturated rings. The van der Waals surface area contributed by atoms with Crippen LogP contribution in [0.2, 0.25) is 0 Å². The average Bonchev–Trinajstić information content (AvgIpc) is 2.36. The van der Waals surface area contributed by atoms with E-state index in [0.29, 0.717) is 0 Å². The molecule has 0 radical (unpaired) electrons. The fraction of sp³-hybridized carbons (Fsp3) is 0.250. The molecule has 0 aromatic heterocycles. The van der Waals surface area contributed by atoms with E-state index in [1.54, 1.807) is 6.07 Å². The minimum atomic E-state index is -0.679. The predicted molar refractivity (Wildman–Crippen MR) is 66.4 cm³/mol. The number of hydrogen-bond donors (Lipinski definition) is 1. The van der Waals surface area contributed by atoms with Crippen LogP contribution in [0.25, 0.3) is 0 Å². The molecular weight excluding hydrogens is 250 g/mol. The van der Waals surface area contributed by atoms with Gasteiger partial charge in [-0.1, -0.05) is 0 Å². The van der Waals surface area contributed by atoms with Crippen molar-refractivity contribution in [2.75, 3.05) is 5.32 Å². The van der Waals surface area contributed by atoms with Crippen LogP contribution < -0.4 is 5.32 Å². The molecule has 0 aliphatic carbocycles. The molecule has 1 aromatic rings. The Kier molecular flexibility index (Phi) is 4.71. The summed E-state index contributed by atoms with van der Waals surface area (Å²) in [7, 11) is 0. The molecule has 0 bridgehead atoms. The van der Waals surface area contributed by atoms with Crippen LogP contribution in [-0.2, 0) is 9.59 Å². The highest BCUT2D eigenvalue weighted by Gasteiger charge is 2.16. The van der Waals surface area contributed by atoms with Gasteiger partial charge in [0.15, 0.2) is 0 Å². The number of carbonyl (C=O) groups excluding carboxylic acids is 2. The topological polar surface area (TPSA) is 113 Å². The van der Waals surface area contributed by atoms with Gasteiger partial charge in [-0.25, -0.2) is 0 Å². The molecule has 0 aliphatic heterocycles. The van der Waals surface area contributed by atoms with Crippen molar-refractivity contribution in [2.24, 2.45) is 0 Å². The molecular formula is C12H11N3O4. The summed E-state index contributed by atoms with van der Waals surface area (Å²) in [6.45, 7) is 1.36. The molecule has 0 heterocycles. The number of nitrogens with one attached hydrogen (secondary N) is 1. The lowest BCUT2D eigenvalue weighted by atomic mass is 10.1. The second-order valence-corrected chi connectivity index (χ2v) is 3.85. The molecule has 98 valence electrons. The summed E-state index contributed by atoms with van der Waals surface area (Å²) < 4.78 is 0. The summed E-state index contributed by atoms with van der Waals surface area (Å²) in [5, 5.41) is 21.8. The van der Waals surface area contributed by atoms with Gasteiger partial charge in [-0.15, -0.1) is 0 Å². The first-order chi connectivity index (χ1) is 8.93. The molecule has 0 atom stereocenters. The third-order valence-electron chi connectivity index (χ3n) is 2.30. The van der Waals surface area contributed by atoms with E-state index < -0.39 is 10.8 Å². The van der Waals surface area contributed by atoms with E-state index in [2.05, 4.69) is 5.32 Å². The molecule has 19 heavy (non-hydrogen) atoms. The second kappa shape index (κ2) is 6.26. The van der Waals surface area contributed by atoms with Crippen molar-refractivity contribution in [3.63, 3.8) is 0 Å². The summed E-state index contributed by atoms with van der Waals surface area (Å²) in [6, 6.07) is 5.53. The van der Waals surface area contributed by atoms with Crippen molar-refractivity contribution in [3.05, 3.63) is 33.9 Å². The molecule has 1 rings (SSSR count). The number of nitro benzene ring substituents is 1. The number of nitro groups is 1. The number of rotatable bonds is 5. The zero-order valence-electron chi connectivity index (χ0n) is 10.2. The first-order valence-corrected chi connectivity index (χ1v) is 5.42. The fourth-order valence-electron chi connectivity index (χ4n) is 1.36. The zero-order valence-corrected chi connectivity index (χ0v) is 10.2. The fourth-order valence-corrected chi connectivity index (χ4v) is 1.36. The molecule has 0 aliphatic rings. The van der Waals surface area contributed by atoms with Crippen LogP contribution in [0.1, 0.15) is 25.3 Å². The van der Waals surface area contributed by atoms with Crippen molar-refractivity contribution in [1.82, 2.24) is 0 Å². The SMILES string of the molecule is CC(=O)CCC(=O)Nc1ccc(C#N)cc1[N+](=O)[O-]. The van der Waals surface area contributed by atoms with E-state index in [1.165, 1.54) is 19.1 Å². The summed E-state index contributed by atoms with van der Waals surface area (Å²) in [6.07, 6.45) is 0.0440. The van der Waals surface area contributed by atoms with Gasteiger partial charge in [0.05, 0.1) is 16.6 Å². The van der Waals surface area contributed by atoms with E-state index in [0.717, 1.165) is 6.07 Å². The highest BCUT2D eigenvalue weighted by molar-refractivity contribution is 5.95. The van der Waals surface area contributed by atoms with Gasteiger partial charge in [-0.05, 0) is 19.1 Å². The quantitative estimate of drug-likeness (QED) is 0.641. The molecule has 0 saturated heterocycles. The van der Waals surface area contributed by atoms with Crippen molar-refractivity contribution in [1.29, 1.82) is 5.26 Å². The number of benzene rings is 1. The Labute approximate surface area is 109 Å². The Morgan fingerprint density at radius 3 is 2.63 bits per heavy atom. The number of amides is 1. The highest BCUT2D eigenvalue weighted by atomic mass is 16.6. The minimum Gasteiger partial charge on any atom is -0.320 e. The largest absolute Gasteiger partial charge is 0.320 e. The Hall–Kier alpha value is -2.75. The number of nitrogens with zero attached hydrogens (tertiary/aromatic N) is 2. The van der Waals surface area contributed by atoms with E-state index in [9.17, 15) is 19.7 Å². The van der Waals surface area contributed by atoms with E-state index in [-0.39, 0.29) is 35.6 Å². The molecule has 1 amide bonds. The van der Waals surface area contributed by atoms with Crippen molar-refractivity contribution in [2.45, 2.75) is 19.8 Å². The number of ketones is 1. The summed E-state index contributed by atoms with van der Waals surface area (Å²) in [5.41, 5.74) is -0.207. The Morgan fingerprint density at radius 2 is 2.11 bits per heavy atom. The monoisotopic (exact) mass is 261 g/mol. The number of nitriles is 1. The van der Waals surface area contributed by atoms with E-state index in [4.69, 9.17) is 5.26 Å². The molecule has 0 saturated carbocycles. The number of hydrogen-bond acceptors (Lipinski definition) is 5. The van der Waals surface area contributed by atoms with Crippen LogP contribution in [0.3, 0.4) is 0 Å². The Morgan fingerprint density at radius 1 is 1.42 bits per heavy atom. The van der Waals surface area contributed by atoms with Gasteiger partial charge in [0.1, 0.15) is 11.5 Å². The molecule has 0 spiro atoms. The first-order valence-electron chi connectivity index (χ1n) is 5.42. The minimum absolute atomic E-state index is 0.0116. The van der Waals surface area contributed by atoms with Crippen LogP contribution in [0.15, 0.2) is 18.2 Å². The molecule has 7 heteroatoms. The van der Waals surface area contributed by atoms with Gasteiger partial charge >= 0.3 is 0 Å². The normalized spacial score (nSPS) is 9.47. The molecule has 1 aromatic carbocycles. The summed E-state index contributed by atoms with van der Waals surface area (Å²) in [5.74, 6) is -0.618. The van der Waals surface area contributed by atoms with Crippen LogP contribution >= 0.6 is 0 Å². The van der Waals surface area contributed by atoms with Gasteiger partial charge < -0.3 is 10.1 Å². The molecule has 0 unspecified atom stereocenters. The number of carbonyl (C=O) groups is 2. The van der Waals surface area contributed by atoms with Gasteiger partial charge in [-0.2, -0.15) is 5.26 Å². The van der Waals surface area contributed by atoms with Gasteiger partial charge in [0.2, 0.25) is 5.91 Å². The van der Waals surface area contributed by atoms with Crippen LogP contribution in [0, 0.1) is 21.4 Å².